The van der Waals surface area contributed by atoms with E-state index >= 15 is 0 Å². The molecule has 2 aromatic heterocycles. The summed E-state index contributed by atoms with van der Waals surface area (Å²) in [5.41, 5.74) is 2.34. The van der Waals surface area contributed by atoms with Crippen LogP contribution in [0.2, 0.25) is 0 Å². The summed E-state index contributed by atoms with van der Waals surface area (Å²) in [4.78, 5) is 6.76. The molecule has 3 aromatic rings. The fourth-order valence-electron chi connectivity index (χ4n) is 4.92. The molecule has 1 saturated carbocycles. The molecule has 2 fully saturated rings. The van der Waals surface area contributed by atoms with Crippen molar-refractivity contribution >= 4 is 16.7 Å². The molecule has 5 nitrogen and oxygen atoms in total. The van der Waals surface area contributed by atoms with Crippen molar-refractivity contribution in [1.82, 2.24) is 15.2 Å². The van der Waals surface area contributed by atoms with E-state index in [0.29, 0.717) is 5.92 Å². The smallest absolute Gasteiger partial charge is 0.157 e. The molecule has 5 rings (SSSR count). The van der Waals surface area contributed by atoms with Gasteiger partial charge < -0.3 is 10.0 Å². The van der Waals surface area contributed by atoms with Crippen molar-refractivity contribution in [2.24, 2.45) is 11.8 Å². The Bertz CT molecular complexity index is 893. The molecule has 5 heteroatoms. The lowest BCUT2D eigenvalue weighted by Gasteiger charge is -2.41. The monoisotopic (exact) mass is 334 g/mol. The van der Waals surface area contributed by atoms with Crippen LogP contribution in [-0.4, -0.2) is 33.4 Å². The number of benzene rings is 1. The molecule has 0 unspecified atom stereocenters. The topological polar surface area (TPSA) is 65.0 Å². The summed E-state index contributed by atoms with van der Waals surface area (Å²) >= 11 is 0. The Balaban J connectivity index is 1.51. The third-order valence-corrected chi connectivity index (χ3v) is 6.13. The molecule has 1 saturated heterocycles. The summed E-state index contributed by atoms with van der Waals surface area (Å²) in [5.74, 6) is 0.785. The van der Waals surface area contributed by atoms with E-state index in [1.807, 2.05) is 30.6 Å². The number of hydrogen-bond acceptors (Lipinski definition) is 4. The SMILES string of the molecule is O[C@@]1(c2ccccc2)CCC[C@H]2CN(c3ccnc4[nH]ncc34)C[C@H]21. The van der Waals surface area contributed by atoms with Crippen LogP contribution in [0.4, 0.5) is 5.69 Å². The number of H-pyrrole nitrogens is 1. The van der Waals surface area contributed by atoms with Gasteiger partial charge in [-0.25, -0.2) is 4.98 Å². The first-order valence-corrected chi connectivity index (χ1v) is 9.06. The van der Waals surface area contributed by atoms with Crippen LogP contribution < -0.4 is 4.90 Å². The number of hydrogen-bond donors (Lipinski definition) is 2. The van der Waals surface area contributed by atoms with E-state index in [9.17, 15) is 5.11 Å². The van der Waals surface area contributed by atoms with Crippen molar-refractivity contribution in [2.45, 2.75) is 24.9 Å². The fourth-order valence-corrected chi connectivity index (χ4v) is 4.92. The highest BCUT2D eigenvalue weighted by Gasteiger charge is 2.49. The molecular formula is C20H22N4O. The van der Waals surface area contributed by atoms with Crippen LogP contribution in [0.25, 0.3) is 11.0 Å². The zero-order chi connectivity index (χ0) is 16.9. The zero-order valence-corrected chi connectivity index (χ0v) is 14.1. The summed E-state index contributed by atoms with van der Waals surface area (Å²) in [6.45, 7) is 1.87. The fraction of sp³-hybridized carbons (Fsp3) is 0.400. The van der Waals surface area contributed by atoms with Crippen molar-refractivity contribution < 1.29 is 5.11 Å². The van der Waals surface area contributed by atoms with Gasteiger partial charge >= 0.3 is 0 Å². The van der Waals surface area contributed by atoms with Gasteiger partial charge in [0.15, 0.2) is 5.65 Å². The zero-order valence-electron chi connectivity index (χ0n) is 14.1. The van der Waals surface area contributed by atoms with Gasteiger partial charge in [-0.3, -0.25) is 5.10 Å². The Morgan fingerprint density at radius 1 is 1.16 bits per heavy atom. The average molecular weight is 334 g/mol. The summed E-state index contributed by atoms with van der Waals surface area (Å²) in [6.07, 6.45) is 6.81. The van der Waals surface area contributed by atoms with E-state index in [2.05, 4.69) is 38.3 Å². The van der Waals surface area contributed by atoms with E-state index in [1.54, 1.807) is 0 Å². The number of nitrogens with zero attached hydrogens (tertiary/aromatic N) is 3. The van der Waals surface area contributed by atoms with E-state index in [0.717, 1.165) is 42.5 Å². The van der Waals surface area contributed by atoms with Gasteiger partial charge in [0.25, 0.3) is 0 Å². The maximum atomic E-state index is 11.6. The average Bonchev–Trinajstić information content (AvgIpc) is 3.30. The van der Waals surface area contributed by atoms with Crippen LogP contribution in [0.5, 0.6) is 0 Å². The molecule has 1 aromatic carbocycles. The second-order valence-corrected chi connectivity index (χ2v) is 7.42. The predicted octanol–water partition coefficient (Wildman–Crippen LogP) is 3.08. The maximum absolute atomic E-state index is 11.6. The van der Waals surface area contributed by atoms with Crippen molar-refractivity contribution in [1.29, 1.82) is 0 Å². The van der Waals surface area contributed by atoms with Gasteiger partial charge in [0.1, 0.15) is 0 Å². The van der Waals surface area contributed by atoms with Gasteiger partial charge in [-0.2, -0.15) is 5.10 Å². The number of rotatable bonds is 2. The molecule has 3 heterocycles. The van der Waals surface area contributed by atoms with Crippen LogP contribution in [0.3, 0.4) is 0 Å². The third-order valence-electron chi connectivity index (χ3n) is 6.13. The van der Waals surface area contributed by atoms with Gasteiger partial charge in [0.05, 0.1) is 22.9 Å². The first-order chi connectivity index (χ1) is 12.3. The lowest BCUT2D eigenvalue weighted by molar-refractivity contribution is -0.0631. The number of aromatic amines is 1. The Morgan fingerprint density at radius 2 is 2.04 bits per heavy atom. The molecular weight excluding hydrogens is 312 g/mol. The first kappa shape index (κ1) is 14.9. The number of anilines is 1. The maximum Gasteiger partial charge on any atom is 0.157 e. The molecule has 0 bridgehead atoms. The van der Waals surface area contributed by atoms with Crippen molar-refractivity contribution in [3.63, 3.8) is 0 Å². The highest BCUT2D eigenvalue weighted by atomic mass is 16.3. The molecule has 3 atom stereocenters. The van der Waals surface area contributed by atoms with E-state index in [1.165, 1.54) is 12.1 Å². The minimum atomic E-state index is -0.721. The molecule has 1 aliphatic heterocycles. The quantitative estimate of drug-likeness (QED) is 0.756. The third kappa shape index (κ3) is 2.26. The molecule has 25 heavy (non-hydrogen) atoms. The summed E-state index contributed by atoms with van der Waals surface area (Å²) in [7, 11) is 0. The number of aromatic nitrogens is 3. The van der Waals surface area contributed by atoms with Crippen LogP contribution >= 0.6 is 0 Å². The van der Waals surface area contributed by atoms with Gasteiger partial charge in [0.2, 0.25) is 0 Å². The Morgan fingerprint density at radius 3 is 2.92 bits per heavy atom. The van der Waals surface area contributed by atoms with Gasteiger partial charge in [-0.1, -0.05) is 30.3 Å². The number of fused-ring (bicyclic) bond motifs is 2. The lowest BCUT2D eigenvalue weighted by atomic mass is 9.67. The summed E-state index contributed by atoms with van der Waals surface area (Å²) < 4.78 is 0. The standard InChI is InChI=1S/C20H22N4O/c25-20(15-6-2-1-3-7-15)9-4-5-14-12-24(13-17(14)20)18-8-10-21-19-16(18)11-22-23-19/h1-3,6-8,10-11,14,17,25H,4-5,9,12-13H2,(H,21,22,23)/t14-,17+,20+/m0/s1. The highest BCUT2D eigenvalue weighted by molar-refractivity contribution is 5.88. The largest absolute Gasteiger partial charge is 0.385 e. The van der Waals surface area contributed by atoms with Crippen molar-refractivity contribution in [3.8, 4) is 0 Å². The van der Waals surface area contributed by atoms with E-state index < -0.39 is 5.60 Å². The predicted molar refractivity (Wildman–Crippen MR) is 97.3 cm³/mol. The second-order valence-electron chi connectivity index (χ2n) is 7.42. The van der Waals surface area contributed by atoms with Gasteiger partial charge in [-0.15, -0.1) is 0 Å². The van der Waals surface area contributed by atoms with Crippen molar-refractivity contribution in [2.75, 3.05) is 18.0 Å². The molecule has 128 valence electrons. The van der Waals surface area contributed by atoms with Crippen LogP contribution in [0.15, 0.2) is 48.8 Å². The number of aliphatic hydroxyl groups is 1. The number of pyridine rings is 1. The lowest BCUT2D eigenvalue weighted by Crippen LogP contribution is -2.42. The summed E-state index contributed by atoms with van der Waals surface area (Å²) in [5, 5.41) is 19.7. The second kappa shape index (κ2) is 5.56. The minimum absolute atomic E-state index is 0.263. The Hall–Kier alpha value is -2.40. The molecule has 0 spiro atoms. The molecule has 0 radical (unpaired) electrons. The minimum Gasteiger partial charge on any atom is -0.385 e. The molecule has 0 amide bonds. The van der Waals surface area contributed by atoms with E-state index in [4.69, 9.17) is 0 Å². The van der Waals surface area contributed by atoms with Crippen LogP contribution in [0, 0.1) is 11.8 Å². The first-order valence-electron chi connectivity index (χ1n) is 9.06. The Kier molecular flexibility index (Phi) is 3.31. The molecule has 2 N–H and O–H groups in total. The number of nitrogens with one attached hydrogen (secondary N) is 1. The van der Waals surface area contributed by atoms with Gasteiger partial charge in [0, 0.05) is 25.2 Å². The van der Waals surface area contributed by atoms with Crippen molar-refractivity contribution in [3.05, 3.63) is 54.4 Å². The van der Waals surface area contributed by atoms with Crippen LogP contribution in [0.1, 0.15) is 24.8 Å². The Labute approximate surface area is 146 Å². The molecule has 1 aliphatic carbocycles. The highest BCUT2D eigenvalue weighted by Crippen LogP contribution is 2.49. The normalized spacial score (nSPS) is 29.1. The van der Waals surface area contributed by atoms with Crippen LogP contribution in [-0.2, 0) is 5.60 Å². The molecule has 2 aliphatic rings. The summed E-state index contributed by atoms with van der Waals surface area (Å²) in [6, 6.07) is 12.3. The van der Waals surface area contributed by atoms with E-state index in [-0.39, 0.29) is 5.92 Å². The van der Waals surface area contributed by atoms with Gasteiger partial charge in [-0.05, 0) is 36.8 Å².